The molecule has 0 aromatic heterocycles. The second-order valence-electron chi connectivity index (χ2n) is 4.53. The van der Waals surface area contributed by atoms with Gasteiger partial charge in [-0.15, -0.1) is 0 Å². The maximum atomic E-state index is 6.12. The van der Waals surface area contributed by atoms with E-state index >= 15 is 0 Å². The Morgan fingerprint density at radius 3 is 2.81 bits per heavy atom. The summed E-state index contributed by atoms with van der Waals surface area (Å²) in [7, 11) is 0. The van der Waals surface area contributed by atoms with E-state index in [0.717, 1.165) is 21.3 Å². The lowest BCUT2D eigenvalue weighted by Crippen LogP contribution is -2.14. The number of fused-ring (bicyclic) bond motifs is 1. The van der Waals surface area contributed by atoms with Gasteiger partial charge in [0, 0.05) is 21.2 Å². The first-order valence-electron chi connectivity index (χ1n) is 6.23. The summed E-state index contributed by atoms with van der Waals surface area (Å²) < 4.78 is 17.4. The Labute approximate surface area is 140 Å². The number of benzene rings is 2. The first-order chi connectivity index (χ1) is 10.1. The topological polar surface area (TPSA) is 27.7 Å². The summed E-state index contributed by atoms with van der Waals surface area (Å²) in [6.07, 6.45) is 0. The molecule has 0 aliphatic carbocycles. The van der Waals surface area contributed by atoms with E-state index < -0.39 is 0 Å². The van der Waals surface area contributed by atoms with Crippen LogP contribution in [0.15, 0.2) is 34.8 Å². The molecule has 2 aromatic rings. The molecule has 0 unspecified atom stereocenters. The summed E-state index contributed by atoms with van der Waals surface area (Å²) >= 11 is 15.5. The van der Waals surface area contributed by atoms with Crippen molar-refractivity contribution >= 4 is 39.1 Å². The smallest absolute Gasteiger partial charge is 0.189 e. The van der Waals surface area contributed by atoms with Gasteiger partial charge in [0.1, 0.15) is 18.1 Å². The van der Waals surface area contributed by atoms with Gasteiger partial charge in [0.15, 0.2) is 6.79 Å². The molecule has 0 spiro atoms. The highest BCUT2D eigenvalue weighted by Gasteiger charge is 2.17. The third kappa shape index (κ3) is 3.46. The summed E-state index contributed by atoms with van der Waals surface area (Å²) in [5.41, 5.74) is 1.82. The lowest BCUT2D eigenvalue weighted by atomic mass is 10.1. The van der Waals surface area contributed by atoms with Crippen molar-refractivity contribution in [3.05, 3.63) is 56.0 Å². The van der Waals surface area contributed by atoms with Gasteiger partial charge in [-0.2, -0.15) is 0 Å². The monoisotopic (exact) mass is 388 g/mol. The molecule has 110 valence electrons. The van der Waals surface area contributed by atoms with Gasteiger partial charge in [-0.05, 0) is 46.3 Å². The molecule has 3 rings (SSSR count). The third-order valence-corrected chi connectivity index (χ3v) is 4.10. The van der Waals surface area contributed by atoms with Gasteiger partial charge in [-0.25, -0.2) is 0 Å². The lowest BCUT2D eigenvalue weighted by Gasteiger charge is -2.21. The average molecular weight is 390 g/mol. The van der Waals surface area contributed by atoms with Gasteiger partial charge in [0.25, 0.3) is 0 Å². The highest BCUT2D eigenvalue weighted by molar-refractivity contribution is 9.10. The second-order valence-corrected chi connectivity index (χ2v) is 6.25. The number of hydrogen-bond acceptors (Lipinski definition) is 3. The Balaban J connectivity index is 1.83. The van der Waals surface area contributed by atoms with E-state index in [1.54, 1.807) is 12.1 Å². The zero-order chi connectivity index (χ0) is 14.8. The predicted molar refractivity (Wildman–Crippen MR) is 85.2 cm³/mol. The van der Waals surface area contributed by atoms with Crippen molar-refractivity contribution in [2.75, 3.05) is 6.79 Å². The van der Waals surface area contributed by atoms with E-state index in [-0.39, 0.29) is 6.79 Å². The van der Waals surface area contributed by atoms with Crippen molar-refractivity contribution in [1.29, 1.82) is 0 Å². The quantitative estimate of drug-likeness (QED) is 0.721. The van der Waals surface area contributed by atoms with E-state index in [0.29, 0.717) is 29.0 Å². The zero-order valence-electron chi connectivity index (χ0n) is 10.9. The molecule has 0 radical (unpaired) electrons. The molecular formula is C15H11BrCl2O3. The largest absolute Gasteiger partial charge is 0.488 e. The van der Waals surface area contributed by atoms with Crippen molar-refractivity contribution in [1.82, 2.24) is 0 Å². The third-order valence-electron chi connectivity index (χ3n) is 3.03. The fourth-order valence-corrected chi connectivity index (χ4v) is 3.17. The molecule has 0 amide bonds. The fourth-order valence-electron chi connectivity index (χ4n) is 2.11. The number of ether oxygens (including phenoxy) is 3. The van der Waals surface area contributed by atoms with Crippen molar-refractivity contribution in [2.24, 2.45) is 0 Å². The lowest BCUT2D eigenvalue weighted by molar-refractivity contribution is -0.0175. The van der Waals surface area contributed by atoms with Crippen LogP contribution >= 0.6 is 39.1 Å². The minimum absolute atomic E-state index is 0.242. The normalized spacial score (nSPS) is 13.5. The minimum Gasteiger partial charge on any atom is -0.488 e. The molecule has 0 saturated heterocycles. The molecular weight excluding hydrogens is 379 g/mol. The molecule has 3 nitrogen and oxygen atoms in total. The maximum Gasteiger partial charge on any atom is 0.189 e. The first kappa shape index (κ1) is 15.0. The molecule has 6 heteroatoms. The minimum atomic E-state index is 0.242. The SMILES string of the molecule is Clc1ccc(OCc2cc(Cl)cc3c2OCOC3)c(Br)c1. The van der Waals surface area contributed by atoms with Crippen LogP contribution in [0.25, 0.3) is 0 Å². The van der Waals surface area contributed by atoms with E-state index in [1.165, 1.54) is 0 Å². The summed E-state index contributed by atoms with van der Waals surface area (Å²) in [6.45, 7) is 1.09. The van der Waals surface area contributed by atoms with Gasteiger partial charge in [-0.3, -0.25) is 0 Å². The van der Waals surface area contributed by atoms with E-state index in [2.05, 4.69) is 15.9 Å². The molecule has 0 bridgehead atoms. The van der Waals surface area contributed by atoms with E-state index in [1.807, 2.05) is 18.2 Å². The maximum absolute atomic E-state index is 6.12. The van der Waals surface area contributed by atoms with Crippen LogP contribution in [0.2, 0.25) is 10.0 Å². The predicted octanol–water partition coefficient (Wildman–Crippen LogP) is 5.20. The number of hydrogen-bond donors (Lipinski definition) is 0. The Morgan fingerprint density at radius 2 is 2.00 bits per heavy atom. The fraction of sp³-hybridized carbons (Fsp3) is 0.200. The summed E-state index contributed by atoms with van der Waals surface area (Å²) in [6, 6.07) is 9.06. The molecule has 0 saturated carbocycles. The van der Waals surface area contributed by atoms with Gasteiger partial charge in [-0.1, -0.05) is 23.2 Å². The summed E-state index contributed by atoms with van der Waals surface area (Å²) in [4.78, 5) is 0. The first-order valence-corrected chi connectivity index (χ1v) is 7.78. The van der Waals surface area contributed by atoms with Crippen LogP contribution in [0.1, 0.15) is 11.1 Å². The van der Waals surface area contributed by atoms with Gasteiger partial charge >= 0.3 is 0 Å². The zero-order valence-corrected chi connectivity index (χ0v) is 14.0. The molecule has 21 heavy (non-hydrogen) atoms. The molecule has 0 fully saturated rings. The van der Waals surface area contributed by atoms with E-state index in [4.69, 9.17) is 37.4 Å². The van der Waals surface area contributed by atoms with Crippen LogP contribution in [0.5, 0.6) is 11.5 Å². The highest BCUT2D eigenvalue weighted by atomic mass is 79.9. The molecule has 1 aliphatic heterocycles. The van der Waals surface area contributed by atoms with Crippen LogP contribution in [-0.2, 0) is 18.0 Å². The Hall–Kier alpha value is -0.940. The van der Waals surface area contributed by atoms with Gasteiger partial charge < -0.3 is 14.2 Å². The average Bonchev–Trinajstić information content (AvgIpc) is 2.46. The Bertz CT molecular complexity index is 676. The Morgan fingerprint density at radius 1 is 1.14 bits per heavy atom. The molecule has 2 aromatic carbocycles. The number of halogens is 3. The molecule has 0 atom stereocenters. The second kappa shape index (κ2) is 6.44. The number of rotatable bonds is 3. The van der Waals surface area contributed by atoms with Crippen molar-refractivity contribution in [3.63, 3.8) is 0 Å². The van der Waals surface area contributed by atoms with E-state index in [9.17, 15) is 0 Å². The van der Waals surface area contributed by atoms with Crippen LogP contribution in [0, 0.1) is 0 Å². The van der Waals surface area contributed by atoms with Crippen LogP contribution in [0.3, 0.4) is 0 Å². The molecule has 1 aliphatic rings. The molecule has 0 N–H and O–H groups in total. The van der Waals surface area contributed by atoms with Crippen LogP contribution in [0.4, 0.5) is 0 Å². The molecule has 1 heterocycles. The van der Waals surface area contributed by atoms with Crippen molar-refractivity contribution in [3.8, 4) is 11.5 Å². The standard InChI is InChI=1S/C15H11BrCl2O3/c16-13-5-11(17)1-2-14(13)20-7-10-4-12(18)3-9-6-19-8-21-15(9)10/h1-5H,6-8H2. The van der Waals surface area contributed by atoms with Gasteiger partial charge in [0.05, 0.1) is 11.1 Å². The van der Waals surface area contributed by atoms with Gasteiger partial charge in [0.2, 0.25) is 0 Å². The van der Waals surface area contributed by atoms with Crippen LogP contribution in [-0.4, -0.2) is 6.79 Å². The van der Waals surface area contributed by atoms with Crippen molar-refractivity contribution < 1.29 is 14.2 Å². The highest BCUT2D eigenvalue weighted by Crippen LogP contribution is 2.34. The summed E-state index contributed by atoms with van der Waals surface area (Å²) in [5, 5.41) is 1.28. The summed E-state index contributed by atoms with van der Waals surface area (Å²) in [5.74, 6) is 1.50. The van der Waals surface area contributed by atoms with Crippen LogP contribution < -0.4 is 9.47 Å². The van der Waals surface area contributed by atoms with Crippen molar-refractivity contribution in [2.45, 2.75) is 13.2 Å². The Kier molecular flexibility index (Phi) is 4.60.